The Bertz CT molecular complexity index is 720. The highest BCUT2D eigenvalue weighted by molar-refractivity contribution is 6.06. The van der Waals surface area contributed by atoms with Gasteiger partial charge in [-0.15, -0.1) is 0 Å². The van der Waals surface area contributed by atoms with Gasteiger partial charge < -0.3 is 9.64 Å². The number of anilines is 1. The van der Waals surface area contributed by atoms with Gasteiger partial charge in [0.1, 0.15) is 0 Å². The molecule has 0 aliphatic carbocycles. The van der Waals surface area contributed by atoms with Crippen LogP contribution in [0, 0.1) is 0 Å². The second kappa shape index (κ2) is 7.77. The number of ether oxygens (including phenoxy) is 1. The van der Waals surface area contributed by atoms with Gasteiger partial charge in [-0.3, -0.25) is 9.59 Å². The summed E-state index contributed by atoms with van der Waals surface area (Å²) in [6.07, 6.45) is 0.280. The number of nitrogens with zero attached hydrogens (tertiary/aromatic N) is 1. The van der Waals surface area contributed by atoms with E-state index < -0.39 is 0 Å². The Labute approximate surface area is 143 Å². The number of carbonyl (C=O) groups is 2. The zero-order valence-electron chi connectivity index (χ0n) is 14.6. The van der Waals surface area contributed by atoms with E-state index in [1.807, 2.05) is 30.3 Å². The summed E-state index contributed by atoms with van der Waals surface area (Å²) in [5.74, 6) is 0.329. The number of benzene rings is 2. The van der Waals surface area contributed by atoms with Crippen LogP contribution >= 0.6 is 0 Å². The third-order valence-corrected chi connectivity index (χ3v) is 3.87. The molecular weight excluding hydrogens is 302 g/mol. The Morgan fingerprint density at radius 3 is 2.25 bits per heavy atom. The maximum atomic E-state index is 12.7. The Morgan fingerprint density at radius 1 is 1.04 bits per heavy atom. The second-order valence-corrected chi connectivity index (χ2v) is 5.94. The van der Waals surface area contributed by atoms with Gasteiger partial charge in [-0.05, 0) is 35.7 Å². The van der Waals surface area contributed by atoms with Gasteiger partial charge >= 0.3 is 5.97 Å². The Hall–Kier alpha value is -2.62. The SMILES string of the molecule is CCC(=O)Oc1ccccc1N(C)C(=O)c1ccc(C(C)C)cc1. The van der Waals surface area contributed by atoms with Crippen LogP contribution in [0.3, 0.4) is 0 Å². The van der Waals surface area contributed by atoms with Gasteiger partial charge in [-0.2, -0.15) is 0 Å². The number of esters is 1. The monoisotopic (exact) mass is 325 g/mol. The molecule has 24 heavy (non-hydrogen) atoms. The van der Waals surface area contributed by atoms with Gasteiger partial charge in [-0.1, -0.05) is 45.0 Å². The largest absolute Gasteiger partial charge is 0.424 e. The Kier molecular flexibility index (Phi) is 5.74. The van der Waals surface area contributed by atoms with E-state index in [0.717, 1.165) is 0 Å². The fourth-order valence-electron chi connectivity index (χ4n) is 2.33. The van der Waals surface area contributed by atoms with E-state index >= 15 is 0 Å². The normalized spacial score (nSPS) is 10.5. The molecule has 0 aliphatic heterocycles. The first-order chi connectivity index (χ1) is 11.4. The smallest absolute Gasteiger partial charge is 0.310 e. The predicted octanol–water partition coefficient (Wildman–Crippen LogP) is 4.40. The van der Waals surface area contributed by atoms with Crippen molar-refractivity contribution < 1.29 is 14.3 Å². The number of rotatable bonds is 5. The molecule has 1 amide bonds. The summed E-state index contributed by atoms with van der Waals surface area (Å²) in [5, 5.41) is 0. The first-order valence-electron chi connectivity index (χ1n) is 8.11. The van der Waals surface area contributed by atoms with E-state index in [9.17, 15) is 9.59 Å². The van der Waals surface area contributed by atoms with E-state index in [0.29, 0.717) is 22.9 Å². The van der Waals surface area contributed by atoms with Crippen LogP contribution in [0.15, 0.2) is 48.5 Å². The fraction of sp³-hybridized carbons (Fsp3) is 0.300. The van der Waals surface area contributed by atoms with Crippen molar-refractivity contribution in [1.82, 2.24) is 0 Å². The van der Waals surface area contributed by atoms with Crippen LogP contribution in [-0.2, 0) is 4.79 Å². The minimum absolute atomic E-state index is 0.148. The maximum Gasteiger partial charge on any atom is 0.310 e. The van der Waals surface area contributed by atoms with Crippen LogP contribution in [0.4, 0.5) is 5.69 Å². The molecule has 4 nitrogen and oxygen atoms in total. The maximum absolute atomic E-state index is 12.7. The van der Waals surface area contributed by atoms with E-state index in [2.05, 4.69) is 13.8 Å². The topological polar surface area (TPSA) is 46.6 Å². The average molecular weight is 325 g/mol. The molecule has 0 radical (unpaired) electrons. The van der Waals surface area contributed by atoms with Crippen molar-refractivity contribution in [2.24, 2.45) is 0 Å². The number of hydrogen-bond donors (Lipinski definition) is 0. The van der Waals surface area contributed by atoms with Crippen LogP contribution in [0.1, 0.15) is 49.0 Å². The van der Waals surface area contributed by atoms with Gasteiger partial charge in [0.2, 0.25) is 0 Å². The minimum atomic E-state index is -0.329. The van der Waals surface area contributed by atoms with Crippen molar-refractivity contribution in [3.63, 3.8) is 0 Å². The molecule has 2 aromatic carbocycles. The lowest BCUT2D eigenvalue weighted by atomic mass is 10.0. The van der Waals surface area contributed by atoms with Gasteiger partial charge in [0.25, 0.3) is 5.91 Å². The molecule has 0 N–H and O–H groups in total. The predicted molar refractivity (Wildman–Crippen MR) is 95.6 cm³/mol. The molecule has 0 aromatic heterocycles. The summed E-state index contributed by atoms with van der Waals surface area (Å²) in [7, 11) is 1.68. The van der Waals surface area contributed by atoms with Crippen LogP contribution in [0.25, 0.3) is 0 Å². The molecule has 2 rings (SSSR count). The summed E-state index contributed by atoms with van der Waals surface area (Å²) < 4.78 is 5.32. The lowest BCUT2D eigenvalue weighted by Gasteiger charge is -2.20. The summed E-state index contributed by atoms with van der Waals surface area (Å²) in [4.78, 5) is 25.8. The van der Waals surface area contributed by atoms with Crippen LogP contribution in [0.5, 0.6) is 5.75 Å². The zero-order valence-corrected chi connectivity index (χ0v) is 14.6. The van der Waals surface area contributed by atoms with Crippen molar-refractivity contribution in [2.45, 2.75) is 33.1 Å². The van der Waals surface area contributed by atoms with Crippen LogP contribution in [0.2, 0.25) is 0 Å². The molecule has 0 spiro atoms. The van der Waals surface area contributed by atoms with Crippen LogP contribution in [-0.4, -0.2) is 18.9 Å². The lowest BCUT2D eigenvalue weighted by Crippen LogP contribution is -2.27. The van der Waals surface area contributed by atoms with Crippen LogP contribution < -0.4 is 9.64 Å². The summed E-state index contributed by atoms with van der Waals surface area (Å²) in [5.41, 5.74) is 2.35. The summed E-state index contributed by atoms with van der Waals surface area (Å²) in [6.45, 7) is 5.96. The molecule has 0 bridgehead atoms. The zero-order chi connectivity index (χ0) is 17.7. The van der Waals surface area contributed by atoms with E-state index in [-0.39, 0.29) is 18.3 Å². The quantitative estimate of drug-likeness (QED) is 0.604. The molecule has 4 heteroatoms. The lowest BCUT2D eigenvalue weighted by molar-refractivity contribution is -0.133. The second-order valence-electron chi connectivity index (χ2n) is 5.94. The molecule has 0 unspecified atom stereocenters. The van der Waals surface area contributed by atoms with Crippen molar-refractivity contribution in [3.05, 3.63) is 59.7 Å². The molecule has 0 saturated carbocycles. The highest BCUT2D eigenvalue weighted by Gasteiger charge is 2.18. The highest BCUT2D eigenvalue weighted by Crippen LogP contribution is 2.28. The Balaban J connectivity index is 2.26. The molecule has 0 aliphatic rings. The van der Waals surface area contributed by atoms with E-state index in [4.69, 9.17) is 4.74 Å². The molecule has 2 aromatic rings. The van der Waals surface area contributed by atoms with Gasteiger partial charge in [0.15, 0.2) is 5.75 Å². The number of hydrogen-bond acceptors (Lipinski definition) is 3. The highest BCUT2D eigenvalue weighted by atomic mass is 16.5. The average Bonchev–Trinajstić information content (AvgIpc) is 2.61. The van der Waals surface area contributed by atoms with Gasteiger partial charge in [-0.25, -0.2) is 0 Å². The van der Waals surface area contributed by atoms with Gasteiger partial charge in [0, 0.05) is 19.0 Å². The number of amides is 1. The molecule has 0 atom stereocenters. The first kappa shape index (κ1) is 17.7. The van der Waals surface area contributed by atoms with Gasteiger partial charge in [0.05, 0.1) is 5.69 Å². The summed E-state index contributed by atoms with van der Waals surface area (Å²) in [6, 6.07) is 14.6. The van der Waals surface area contributed by atoms with Crippen molar-refractivity contribution in [2.75, 3.05) is 11.9 Å². The molecule has 0 fully saturated rings. The van der Waals surface area contributed by atoms with Crippen molar-refractivity contribution >= 4 is 17.6 Å². The third kappa shape index (κ3) is 4.02. The van der Waals surface area contributed by atoms with E-state index in [1.54, 1.807) is 32.2 Å². The molecular formula is C20H23NO3. The third-order valence-electron chi connectivity index (χ3n) is 3.87. The Morgan fingerprint density at radius 2 is 1.67 bits per heavy atom. The molecule has 0 saturated heterocycles. The molecule has 0 heterocycles. The summed E-state index contributed by atoms with van der Waals surface area (Å²) >= 11 is 0. The van der Waals surface area contributed by atoms with E-state index in [1.165, 1.54) is 10.5 Å². The fourth-order valence-corrected chi connectivity index (χ4v) is 2.33. The standard InChI is InChI=1S/C20H23NO3/c1-5-19(22)24-18-9-7-6-8-17(18)21(4)20(23)16-12-10-15(11-13-16)14(2)3/h6-14H,5H2,1-4H3. The van der Waals surface area contributed by atoms with Crippen molar-refractivity contribution in [3.8, 4) is 5.75 Å². The first-order valence-corrected chi connectivity index (χ1v) is 8.11. The number of carbonyl (C=O) groups excluding carboxylic acids is 2. The number of para-hydroxylation sites is 2. The minimum Gasteiger partial charge on any atom is -0.424 e. The van der Waals surface area contributed by atoms with Crippen molar-refractivity contribution in [1.29, 1.82) is 0 Å². The molecule has 126 valence electrons.